The van der Waals surface area contributed by atoms with Crippen LogP contribution in [0, 0.1) is 11.3 Å². The quantitative estimate of drug-likeness (QED) is 0.795. The fourth-order valence-corrected chi connectivity index (χ4v) is 1.79. The van der Waals surface area contributed by atoms with Gasteiger partial charge in [-0.2, -0.15) is 5.26 Å². The minimum atomic E-state index is -0.0757. The van der Waals surface area contributed by atoms with Gasteiger partial charge in [0.05, 0.1) is 24.3 Å². The molecule has 2 aromatic rings. The number of Topliss-reactive ketones (excluding diaryl/α,β-unsaturated/α-hetero) is 1. The summed E-state index contributed by atoms with van der Waals surface area (Å²) in [6.45, 7) is 1.48. The summed E-state index contributed by atoms with van der Waals surface area (Å²) in [6.07, 6.45) is 0. The summed E-state index contributed by atoms with van der Waals surface area (Å²) in [4.78, 5) is 11.6. The van der Waals surface area contributed by atoms with E-state index in [1.165, 1.54) is 14.0 Å². The van der Waals surface area contributed by atoms with Crippen molar-refractivity contribution in [2.45, 2.75) is 6.92 Å². The summed E-state index contributed by atoms with van der Waals surface area (Å²) < 4.78 is 10.9. The van der Waals surface area contributed by atoms with Crippen LogP contribution in [0.25, 0.3) is 0 Å². The van der Waals surface area contributed by atoms with E-state index < -0.39 is 0 Å². The molecule has 0 fully saturated rings. The maximum atomic E-state index is 11.6. The third-order valence-electron chi connectivity index (χ3n) is 2.78. The predicted molar refractivity (Wildman–Crippen MR) is 74.2 cm³/mol. The number of ketones is 1. The summed E-state index contributed by atoms with van der Waals surface area (Å²) in [5.41, 5.74) is 0.980. The van der Waals surface area contributed by atoms with E-state index in [1.807, 2.05) is 6.07 Å². The Morgan fingerprint density at radius 3 is 2.50 bits per heavy atom. The molecule has 100 valence electrons. The van der Waals surface area contributed by atoms with E-state index in [-0.39, 0.29) is 5.78 Å². The molecule has 0 aliphatic heterocycles. The van der Waals surface area contributed by atoms with Crippen LogP contribution in [0.5, 0.6) is 17.2 Å². The highest BCUT2D eigenvalue weighted by atomic mass is 16.5. The molecule has 0 unspecified atom stereocenters. The van der Waals surface area contributed by atoms with E-state index in [4.69, 9.17) is 14.7 Å². The van der Waals surface area contributed by atoms with Crippen molar-refractivity contribution in [3.8, 4) is 23.3 Å². The molecular formula is C16H13NO3. The molecule has 0 bridgehead atoms. The number of benzene rings is 2. The molecule has 0 amide bonds. The third-order valence-corrected chi connectivity index (χ3v) is 2.78. The van der Waals surface area contributed by atoms with Crippen LogP contribution in [-0.4, -0.2) is 12.9 Å². The van der Waals surface area contributed by atoms with Crippen molar-refractivity contribution >= 4 is 5.78 Å². The number of hydrogen-bond donors (Lipinski definition) is 0. The van der Waals surface area contributed by atoms with Gasteiger partial charge in [-0.15, -0.1) is 0 Å². The van der Waals surface area contributed by atoms with Crippen LogP contribution in [0.1, 0.15) is 22.8 Å². The SMILES string of the molecule is COc1cc(C#N)ccc1Oc1ccccc1C(C)=O. The Morgan fingerprint density at radius 1 is 1.10 bits per heavy atom. The smallest absolute Gasteiger partial charge is 0.169 e. The van der Waals surface area contributed by atoms with Gasteiger partial charge in [0.2, 0.25) is 0 Å². The zero-order valence-corrected chi connectivity index (χ0v) is 11.2. The lowest BCUT2D eigenvalue weighted by Gasteiger charge is -2.12. The summed E-state index contributed by atoms with van der Waals surface area (Å²) in [6, 6.07) is 13.9. The van der Waals surface area contributed by atoms with Crippen LogP contribution in [0.2, 0.25) is 0 Å². The number of nitriles is 1. The number of para-hydroxylation sites is 1. The Balaban J connectivity index is 2.40. The molecule has 2 aromatic carbocycles. The fourth-order valence-electron chi connectivity index (χ4n) is 1.79. The Labute approximate surface area is 117 Å². The number of rotatable bonds is 4. The minimum absolute atomic E-state index is 0.0757. The third kappa shape index (κ3) is 2.78. The Hall–Kier alpha value is -2.80. The standard InChI is InChI=1S/C16H13NO3/c1-11(18)13-5-3-4-6-14(13)20-15-8-7-12(10-17)9-16(15)19-2/h3-9H,1-2H3. The van der Waals surface area contributed by atoms with Crippen LogP contribution in [-0.2, 0) is 0 Å². The van der Waals surface area contributed by atoms with Crippen molar-refractivity contribution in [3.05, 3.63) is 53.6 Å². The highest BCUT2D eigenvalue weighted by Crippen LogP contribution is 2.33. The maximum absolute atomic E-state index is 11.6. The molecule has 20 heavy (non-hydrogen) atoms. The van der Waals surface area contributed by atoms with Gasteiger partial charge in [0.1, 0.15) is 5.75 Å². The Bertz CT molecular complexity index is 686. The number of methoxy groups -OCH3 is 1. The van der Waals surface area contributed by atoms with E-state index in [9.17, 15) is 4.79 Å². The topological polar surface area (TPSA) is 59.3 Å². The van der Waals surface area contributed by atoms with Gasteiger partial charge in [-0.3, -0.25) is 4.79 Å². The summed E-state index contributed by atoms with van der Waals surface area (Å²) in [5.74, 6) is 1.29. The Kier molecular flexibility index (Phi) is 4.02. The average molecular weight is 267 g/mol. The first kappa shape index (κ1) is 13.6. The van der Waals surface area contributed by atoms with Crippen molar-refractivity contribution in [1.29, 1.82) is 5.26 Å². The lowest BCUT2D eigenvalue weighted by Crippen LogP contribution is -1.98. The van der Waals surface area contributed by atoms with Gasteiger partial charge in [0, 0.05) is 6.07 Å². The molecule has 4 nitrogen and oxygen atoms in total. The lowest BCUT2D eigenvalue weighted by atomic mass is 10.1. The number of ether oxygens (including phenoxy) is 2. The molecule has 0 heterocycles. The minimum Gasteiger partial charge on any atom is -0.493 e. The summed E-state index contributed by atoms with van der Waals surface area (Å²) >= 11 is 0. The van der Waals surface area contributed by atoms with Gasteiger partial charge in [-0.1, -0.05) is 12.1 Å². The molecule has 2 rings (SSSR count). The highest BCUT2D eigenvalue weighted by molar-refractivity contribution is 5.96. The molecule has 0 aromatic heterocycles. The molecule has 0 radical (unpaired) electrons. The Morgan fingerprint density at radius 2 is 1.85 bits per heavy atom. The monoisotopic (exact) mass is 267 g/mol. The highest BCUT2D eigenvalue weighted by Gasteiger charge is 2.12. The van der Waals surface area contributed by atoms with Gasteiger partial charge in [0.15, 0.2) is 17.3 Å². The first-order valence-electron chi connectivity index (χ1n) is 6.01. The number of carbonyl (C=O) groups excluding carboxylic acids is 1. The van der Waals surface area contributed by atoms with Crippen LogP contribution in [0.15, 0.2) is 42.5 Å². The molecular weight excluding hydrogens is 254 g/mol. The predicted octanol–water partition coefficient (Wildman–Crippen LogP) is 3.56. The van der Waals surface area contributed by atoms with Crippen molar-refractivity contribution in [2.75, 3.05) is 7.11 Å². The first-order chi connectivity index (χ1) is 9.65. The van der Waals surface area contributed by atoms with E-state index >= 15 is 0 Å². The zero-order valence-electron chi connectivity index (χ0n) is 11.2. The molecule has 4 heteroatoms. The van der Waals surface area contributed by atoms with Crippen LogP contribution < -0.4 is 9.47 Å². The van der Waals surface area contributed by atoms with Crippen LogP contribution in [0.4, 0.5) is 0 Å². The second-order valence-electron chi connectivity index (χ2n) is 4.13. The molecule has 0 saturated carbocycles. The van der Waals surface area contributed by atoms with E-state index in [0.29, 0.717) is 28.4 Å². The second kappa shape index (κ2) is 5.89. The van der Waals surface area contributed by atoms with Crippen molar-refractivity contribution in [1.82, 2.24) is 0 Å². The molecule has 0 saturated heterocycles. The van der Waals surface area contributed by atoms with Gasteiger partial charge >= 0.3 is 0 Å². The zero-order chi connectivity index (χ0) is 14.5. The molecule has 0 spiro atoms. The van der Waals surface area contributed by atoms with Crippen molar-refractivity contribution in [3.63, 3.8) is 0 Å². The number of hydrogen-bond acceptors (Lipinski definition) is 4. The number of nitrogens with zero attached hydrogens (tertiary/aromatic N) is 1. The second-order valence-corrected chi connectivity index (χ2v) is 4.13. The first-order valence-corrected chi connectivity index (χ1v) is 6.01. The molecule has 0 aliphatic carbocycles. The average Bonchev–Trinajstić information content (AvgIpc) is 2.48. The van der Waals surface area contributed by atoms with E-state index in [1.54, 1.807) is 42.5 Å². The fraction of sp³-hybridized carbons (Fsp3) is 0.125. The molecule has 0 atom stereocenters. The normalized spacial score (nSPS) is 9.65. The molecule has 0 N–H and O–H groups in total. The van der Waals surface area contributed by atoms with Crippen LogP contribution >= 0.6 is 0 Å². The van der Waals surface area contributed by atoms with E-state index in [0.717, 1.165) is 0 Å². The summed E-state index contributed by atoms with van der Waals surface area (Å²) in [5, 5.41) is 8.86. The molecule has 0 aliphatic rings. The number of carbonyl (C=O) groups is 1. The maximum Gasteiger partial charge on any atom is 0.169 e. The largest absolute Gasteiger partial charge is 0.493 e. The van der Waals surface area contributed by atoms with E-state index in [2.05, 4.69) is 0 Å². The lowest BCUT2D eigenvalue weighted by molar-refractivity contribution is 0.101. The summed E-state index contributed by atoms with van der Waals surface area (Å²) in [7, 11) is 1.50. The van der Waals surface area contributed by atoms with Crippen molar-refractivity contribution < 1.29 is 14.3 Å². The van der Waals surface area contributed by atoms with Gasteiger partial charge < -0.3 is 9.47 Å². The van der Waals surface area contributed by atoms with Gasteiger partial charge in [-0.05, 0) is 31.2 Å². The van der Waals surface area contributed by atoms with Gasteiger partial charge in [-0.25, -0.2) is 0 Å². The van der Waals surface area contributed by atoms with Crippen LogP contribution in [0.3, 0.4) is 0 Å². The van der Waals surface area contributed by atoms with Gasteiger partial charge in [0.25, 0.3) is 0 Å². The van der Waals surface area contributed by atoms with Crippen molar-refractivity contribution in [2.24, 2.45) is 0 Å².